The molecule has 90 valence electrons. The monoisotopic (exact) mass is 226 g/mol. The van der Waals surface area contributed by atoms with E-state index < -0.39 is 0 Å². The molecule has 1 aliphatic heterocycles. The SMILES string of the molecule is CCC(c1noc(OC)n1)N1CCNCC1. The van der Waals surface area contributed by atoms with Crippen LogP contribution in [0.15, 0.2) is 4.52 Å². The number of nitrogens with zero attached hydrogens (tertiary/aromatic N) is 3. The molecule has 6 nitrogen and oxygen atoms in total. The van der Waals surface area contributed by atoms with E-state index in [1.54, 1.807) is 0 Å². The molecule has 1 aliphatic rings. The lowest BCUT2D eigenvalue weighted by Crippen LogP contribution is -2.45. The summed E-state index contributed by atoms with van der Waals surface area (Å²) in [6.45, 7) is 6.22. The summed E-state index contributed by atoms with van der Waals surface area (Å²) in [7, 11) is 1.53. The number of hydrogen-bond donors (Lipinski definition) is 1. The summed E-state index contributed by atoms with van der Waals surface area (Å²) in [5.74, 6) is 0.723. The topological polar surface area (TPSA) is 63.4 Å². The molecular formula is C10H18N4O2. The Morgan fingerprint density at radius 2 is 2.25 bits per heavy atom. The van der Waals surface area contributed by atoms with Crippen molar-refractivity contribution in [2.75, 3.05) is 33.3 Å². The molecule has 1 fully saturated rings. The number of aromatic nitrogens is 2. The third-order valence-electron chi connectivity index (χ3n) is 2.87. The first-order valence-electron chi connectivity index (χ1n) is 5.67. The van der Waals surface area contributed by atoms with Crippen LogP contribution in [0.4, 0.5) is 0 Å². The van der Waals surface area contributed by atoms with E-state index in [9.17, 15) is 0 Å². The van der Waals surface area contributed by atoms with Crippen molar-refractivity contribution in [2.45, 2.75) is 19.4 Å². The van der Waals surface area contributed by atoms with Crippen LogP contribution in [0.1, 0.15) is 25.2 Å². The first kappa shape index (κ1) is 11.3. The highest BCUT2D eigenvalue weighted by Gasteiger charge is 2.25. The first-order valence-corrected chi connectivity index (χ1v) is 5.67. The summed E-state index contributed by atoms with van der Waals surface area (Å²) < 4.78 is 9.87. The second-order valence-corrected chi connectivity index (χ2v) is 3.83. The van der Waals surface area contributed by atoms with E-state index in [0.29, 0.717) is 0 Å². The Morgan fingerprint density at radius 1 is 1.50 bits per heavy atom. The lowest BCUT2D eigenvalue weighted by molar-refractivity contribution is 0.159. The summed E-state index contributed by atoms with van der Waals surface area (Å²) in [6, 6.07) is 0.231. The summed E-state index contributed by atoms with van der Waals surface area (Å²) >= 11 is 0. The highest BCUT2D eigenvalue weighted by atomic mass is 16.6. The molecular weight excluding hydrogens is 208 g/mol. The van der Waals surface area contributed by atoms with Crippen LogP contribution in [0.3, 0.4) is 0 Å². The van der Waals surface area contributed by atoms with E-state index in [4.69, 9.17) is 9.26 Å². The molecule has 16 heavy (non-hydrogen) atoms. The van der Waals surface area contributed by atoms with Gasteiger partial charge in [0.15, 0.2) is 5.82 Å². The van der Waals surface area contributed by atoms with Gasteiger partial charge < -0.3 is 10.1 Å². The summed E-state index contributed by atoms with van der Waals surface area (Å²) in [5, 5.41) is 7.29. The Bertz CT molecular complexity index is 322. The van der Waals surface area contributed by atoms with E-state index in [1.807, 2.05) is 0 Å². The van der Waals surface area contributed by atoms with Gasteiger partial charge in [-0.1, -0.05) is 12.1 Å². The molecule has 2 rings (SSSR count). The number of hydrogen-bond acceptors (Lipinski definition) is 6. The Labute approximate surface area is 95.0 Å². The fourth-order valence-corrected chi connectivity index (χ4v) is 2.04. The van der Waals surface area contributed by atoms with Gasteiger partial charge in [0.2, 0.25) is 0 Å². The van der Waals surface area contributed by atoms with Crippen molar-refractivity contribution in [2.24, 2.45) is 0 Å². The fourth-order valence-electron chi connectivity index (χ4n) is 2.04. The van der Waals surface area contributed by atoms with Crippen LogP contribution < -0.4 is 10.1 Å². The van der Waals surface area contributed by atoms with Crippen molar-refractivity contribution in [1.82, 2.24) is 20.4 Å². The van der Waals surface area contributed by atoms with Crippen LogP contribution in [0.25, 0.3) is 0 Å². The smallest absolute Gasteiger partial charge is 0.417 e. The molecule has 0 aromatic carbocycles. The molecule has 1 aromatic rings. The zero-order valence-corrected chi connectivity index (χ0v) is 9.77. The van der Waals surface area contributed by atoms with Gasteiger partial charge in [0.05, 0.1) is 13.2 Å². The van der Waals surface area contributed by atoms with Gasteiger partial charge in [-0.05, 0) is 6.42 Å². The minimum absolute atomic E-state index is 0.231. The molecule has 1 N–H and O–H groups in total. The van der Waals surface area contributed by atoms with Crippen LogP contribution in [0, 0.1) is 0 Å². The van der Waals surface area contributed by atoms with Gasteiger partial charge in [0.1, 0.15) is 0 Å². The van der Waals surface area contributed by atoms with Gasteiger partial charge in [-0.15, -0.1) is 0 Å². The Morgan fingerprint density at radius 3 is 2.81 bits per heavy atom. The molecule has 1 unspecified atom stereocenters. The van der Waals surface area contributed by atoms with Crippen molar-refractivity contribution >= 4 is 0 Å². The fraction of sp³-hybridized carbons (Fsp3) is 0.800. The molecule has 0 aliphatic carbocycles. The predicted octanol–water partition coefficient (Wildman–Crippen LogP) is 0.435. The van der Waals surface area contributed by atoms with Gasteiger partial charge in [-0.25, -0.2) is 0 Å². The van der Waals surface area contributed by atoms with Crippen molar-refractivity contribution < 1.29 is 9.26 Å². The molecule has 0 amide bonds. The molecule has 6 heteroatoms. The minimum atomic E-state index is 0.231. The summed E-state index contributed by atoms with van der Waals surface area (Å²) in [4.78, 5) is 6.59. The van der Waals surface area contributed by atoms with Gasteiger partial charge in [-0.3, -0.25) is 9.42 Å². The molecule has 1 aromatic heterocycles. The van der Waals surface area contributed by atoms with Gasteiger partial charge in [-0.2, -0.15) is 4.98 Å². The third-order valence-corrected chi connectivity index (χ3v) is 2.87. The van der Waals surface area contributed by atoms with Gasteiger partial charge in [0.25, 0.3) is 0 Å². The Kier molecular flexibility index (Phi) is 3.74. The van der Waals surface area contributed by atoms with E-state index in [-0.39, 0.29) is 12.1 Å². The molecule has 0 spiro atoms. The average Bonchev–Trinajstić information content (AvgIpc) is 2.80. The minimum Gasteiger partial charge on any atom is -0.452 e. The van der Waals surface area contributed by atoms with Crippen LogP contribution >= 0.6 is 0 Å². The van der Waals surface area contributed by atoms with E-state index >= 15 is 0 Å². The van der Waals surface area contributed by atoms with E-state index in [0.717, 1.165) is 38.4 Å². The second-order valence-electron chi connectivity index (χ2n) is 3.83. The predicted molar refractivity (Wildman–Crippen MR) is 58.3 cm³/mol. The second kappa shape index (κ2) is 5.27. The Balaban J connectivity index is 2.08. The lowest BCUT2D eigenvalue weighted by atomic mass is 10.1. The molecule has 0 bridgehead atoms. The standard InChI is InChI=1S/C10H18N4O2/c1-3-8(14-6-4-11-5-7-14)9-12-10(15-2)16-13-9/h8,11H,3-7H2,1-2H3. The summed E-state index contributed by atoms with van der Waals surface area (Å²) in [6.07, 6.45) is 1.21. The summed E-state index contributed by atoms with van der Waals surface area (Å²) in [5.41, 5.74) is 0. The highest BCUT2D eigenvalue weighted by molar-refractivity contribution is 4.98. The van der Waals surface area contributed by atoms with Crippen molar-refractivity contribution in [3.8, 4) is 6.08 Å². The Hall–Kier alpha value is -1.14. The molecule has 2 heterocycles. The lowest BCUT2D eigenvalue weighted by Gasteiger charge is -2.32. The maximum Gasteiger partial charge on any atom is 0.417 e. The number of methoxy groups -OCH3 is 1. The van der Waals surface area contributed by atoms with Crippen LogP contribution in [-0.2, 0) is 0 Å². The largest absolute Gasteiger partial charge is 0.452 e. The molecule has 0 radical (unpaired) electrons. The number of piperazine rings is 1. The molecule has 1 atom stereocenters. The van der Waals surface area contributed by atoms with Gasteiger partial charge >= 0.3 is 6.08 Å². The zero-order valence-electron chi connectivity index (χ0n) is 9.77. The van der Waals surface area contributed by atoms with Gasteiger partial charge in [0, 0.05) is 26.2 Å². The quantitative estimate of drug-likeness (QED) is 0.803. The van der Waals surface area contributed by atoms with Crippen molar-refractivity contribution in [3.05, 3.63) is 5.82 Å². The number of rotatable bonds is 4. The van der Waals surface area contributed by atoms with Crippen LogP contribution in [-0.4, -0.2) is 48.3 Å². The highest BCUT2D eigenvalue weighted by Crippen LogP contribution is 2.23. The number of ether oxygens (including phenoxy) is 1. The van der Waals surface area contributed by atoms with Crippen LogP contribution in [0.2, 0.25) is 0 Å². The van der Waals surface area contributed by atoms with E-state index in [2.05, 4.69) is 27.3 Å². The zero-order chi connectivity index (χ0) is 11.4. The maximum atomic E-state index is 4.96. The average molecular weight is 226 g/mol. The molecule has 0 saturated carbocycles. The maximum absolute atomic E-state index is 4.96. The van der Waals surface area contributed by atoms with Crippen LogP contribution in [0.5, 0.6) is 6.08 Å². The van der Waals surface area contributed by atoms with Crippen molar-refractivity contribution in [1.29, 1.82) is 0 Å². The molecule has 1 saturated heterocycles. The normalized spacial score (nSPS) is 19.6. The number of nitrogens with one attached hydrogen (secondary N) is 1. The van der Waals surface area contributed by atoms with E-state index in [1.165, 1.54) is 7.11 Å². The van der Waals surface area contributed by atoms with Crippen molar-refractivity contribution in [3.63, 3.8) is 0 Å². The first-order chi connectivity index (χ1) is 7.85. The third kappa shape index (κ3) is 2.33.